The molecular formula is C43H28S3. The minimum Gasteiger partial charge on any atom is -0.135 e. The SMILES string of the molecule is CC1C(c2cccc3c2sc2ccccc23)=CC(c2cccc3c2sc2ccccc23)=CC1c1cccc2c1sc1ccccc12. The lowest BCUT2D eigenvalue weighted by Gasteiger charge is -2.30. The van der Waals surface area contributed by atoms with E-state index < -0.39 is 0 Å². The molecule has 46 heavy (non-hydrogen) atoms. The third-order valence-corrected chi connectivity index (χ3v) is 13.6. The van der Waals surface area contributed by atoms with Crippen LogP contribution in [0.5, 0.6) is 0 Å². The Morgan fingerprint density at radius 3 is 1.50 bits per heavy atom. The predicted molar refractivity (Wildman–Crippen MR) is 206 cm³/mol. The molecule has 0 fully saturated rings. The maximum absolute atomic E-state index is 2.58. The minimum absolute atomic E-state index is 0.237. The number of thiophene rings is 3. The summed E-state index contributed by atoms with van der Waals surface area (Å²) < 4.78 is 8.24. The molecule has 0 aliphatic heterocycles. The summed E-state index contributed by atoms with van der Waals surface area (Å²) >= 11 is 5.80. The first-order valence-corrected chi connectivity index (χ1v) is 18.3. The van der Waals surface area contributed by atoms with Crippen molar-refractivity contribution in [1.82, 2.24) is 0 Å². The molecule has 1 aliphatic carbocycles. The van der Waals surface area contributed by atoms with Crippen molar-refractivity contribution < 1.29 is 0 Å². The van der Waals surface area contributed by atoms with Crippen molar-refractivity contribution in [2.45, 2.75) is 12.8 Å². The lowest BCUT2D eigenvalue weighted by molar-refractivity contribution is 0.661. The summed E-state index contributed by atoms with van der Waals surface area (Å²) in [6, 6.07) is 47.4. The number of hydrogen-bond donors (Lipinski definition) is 0. The zero-order chi connectivity index (χ0) is 30.4. The van der Waals surface area contributed by atoms with Crippen LogP contribution < -0.4 is 0 Å². The Morgan fingerprint density at radius 1 is 0.435 bits per heavy atom. The smallest absolute Gasteiger partial charge is 0.0433 e. The van der Waals surface area contributed by atoms with Crippen LogP contribution in [0.15, 0.2) is 140 Å². The van der Waals surface area contributed by atoms with Gasteiger partial charge in [-0.25, -0.2) is 0 Å². The quantitative estimate of drug-likeness (QED) is 0.180. The van der Waals surface area contributed by atoms with E-state index in [4.69, 9.17) is 0 Å². The molecule has 0 spiro atoms. The van der Waals surface area contributed by atoms with Crippen molar-refractivity contribution in [2.75, 3.05) is 0 Å². The van der Waals surface area contributed by atoms with E-state index in [1.807, 2.05) is 34.0 Å². The molecule has 0 saturated heterocycles. The zero-order valence-corrected chi connectivity index (χ0v) is 27.6. The van der Waals surface area contributed by atoms with E-state index in [-0.39, 0.29) is 5.92 Å². The molecule has 2 unspecified atom stereocenters. The summed E-state index contributed by atoms with van der Waals surface area (Å²) in [6.07, 6.45) is 5.10. The Labute approximate surface area is 279 Å². The van der Waals surface area contributed by atoms with Gasteiger partial charge in [0.2, 0.25) is 0 Å². The van der Waals surface area contributed by atoms with Crippen LogP contribution in [0.3, 0.4) is 0 Å². The molecule has 9 aromatic rings. The van der Waals surface area contributed by atoms with Crippen LogP contribution in [0.1, 0.15) is 29.5 Å². The first kappa shape index (κ1) is 26.7. The molecule has 0 saturated carbocycles. The third kappa shape index (κ3) is 3.89. The van der Waals surface area contributed by atoms with Crippen LogP contribution >= 0.6 is 34.0 Å². The number of benzene rings is 6. The standard InChI is InChI=1S/C43H28S3/c1-25-36(34-18-9-16-32-29-12-3-6-21-39(29)45-42(32)34)23-26(27-14-8-15-31-28-11-2-5-20-38(28)44-41(27)31)24-37(25)35-19-10-17-33-30-13-4-7-22-40(30)46-43(33)35/h2-25,36H,1H3. The third-order valence-electron chi connectivity index (χ3n) is 9.92. The van der Waals surface area contributed by atoms with Crippen LogP contribution in [0.2, 0.25) is 0 Å². The van der Waals surface area contributed by atoms with Gasteiger partial charge in [-0.15, -0.1) is 34.0 Å². The maximum atomic E-state index is 2.58. The van der Waals surface area contributed by atoms with E-state index in [0.717, 1.165) is 0 Å². The molecule has 1 aliphatic rings. The monoisotopic (exact) mass is 640 g/mol. The fraction of sp³-hybridized carbons (Fsp3) is 0.0698. The summed E-state index contributed by atoms with van der Waals surface area (Å²) in [6.45, 7) is 2.45. The Bertz CT molecular complexity index is 2730. The number of rotatable bonds is 3. The molecule has 10 rings (SSSR count). The van der Waals surface area contributed by atoms with Gasteiger partial charge in [0, 0.05) is 66.4 Å². The van der Waals surface area contributed by atoms with Crippen LogP contribution in [0.25, 0.3) is 71.7 Å². The summed E-state index contributed by atoms with van der Waals surface area (Å²) in [5.41, 5.74) is 6.89. The van der Waals surface area contributed by atoms with Crippen LogP contribution in [0, 0.1) is 5.92 Å². The van der Waals surface area contributed by atoms with Gasteiger partial charge in [-0.05, 0) is 52.0 Å². The molecule has 0 radical (unpaired) electrons. The summed E-state index contributed by atoms with van der Waals surface area (Å²) in [5, 5.41) is 8.14. The van der Waals surface area contributed by atoms with E-state index >= 15 is 0 Å². The van der Waals surface area contributed by atoms with Crippen LogP contribution in [-0.2, 0) is 0 Å². The molecule has 3 aromatic heterocycles. The highest BCUT2D eigenvalue weighted by Gasteiger charge is 2.30. The van der Waals surface area contributed by atoms with E-state index in [0.29, 0.717) is 5.92 Å². The second-order valence-corrected chi connectivity index (χ2v) is 15.6. The maximum Gasteiger partial charge on any atom is 0.0433 e. The van der Waals surface area contributed by atoms with Crippen molar-refractivity contribution in [3.63, 3.8) is 0 Å². The van der Waals surface area contributed by atoms with E-state index in [2.05, 4.69) is 146 Å². The molecule has 3 heterocycles. The fourth-order valence-corrected chi connectivity index (χ4v) is 11.4. The molecule has 2 atom stereocenters. The molecule has 0 amide bonds. The number of fused-ring (bicyclic) bond motifs is 9. The van der Waals surface area contributed by atoms with Crippen molar-refractivity contribution in [2.24, 2.45) is 5.92 Å². The molecule has 0 bridgehead atoms. The fourth-order valence-electron chi connectivity index (χ4n) is 7.71. The molecule has 0 N–H and O–H groups in total. The Morgan fingerprint density at radius 2 is 0.891 bits per heavy atom. The Balaban J connectivity index is 1.25. The molecular weight excluding hydrogens is 613 g/mol. The molecule has 0 nitrogen and oxygen atoms in total. The van der Waals surface area contributed by atoms with Gasteiger partial charge in [0.15, 0.2) is 0 Å². The first-order chi connectivity index (χ1) is 22.7. The second-order valence-electron chi connectivity index (χ2n) is 12.4. The summed E-state index contributed by atoms with van der Waals surface area (Å²) in [7, 11) is 0. The van der Waals surface area contributed by atoms with Gasteiger partial charge in [-0.3, -0.25) is 0 Å². The van der Waals surface area contributed by atoms with Crippen molar-refractivity contribution in [1.29, 1.82) is 0 Å². The van der Waals surface area contributed by atoms with Gasteiger partial charge in [0.05, 0.1) is 0 Å². The van der Waals surface area contributed by atoms with Gasteiger partial charge >= 0.3 is 0 Å². The van der Waals surface area contributed by atoms with Gasteiger partial charge in [0.25, 0.3) is 0 Å². The lowest BCUT2D eigenvalue weighted by atomic mass is 9.74. The Hall–Kier alpha value is -4.54. The molecule has 3 heteroatoms. The minimum atomic E-state index is 0.237. The average molecular weight is 641 g/mol. The lowest BCUT2D eigenvalue weighted by Crippen LogP contribution is -2.14. The van der Waals surface area contributed by atoms with Gasteiger partial charge < -0.3 is 0 Å². The second kappa shape index (κ2) is 10.2. The molecule has 218 valence electrons. The zero-order valence-electron chi connectivity index (χ0n) is 25.2. The van der Waals surface area contributed by atoms with E-state index in [9.17, 15) is 0 Å². The highest BCUT2D eigenvalue weighted by atomic mass is 32.1. The number of hydrogen-bond acceptors (Lipinski definition) is 3. The number of allylic oxidation sites excluding steroid dienone is 4. The highest BCUT2D eigenvalue weighted by molar-refractivity contribution is 7.27. The van der Waals surface area contributed by atoms with Crippen molar-refractivity contribution >= 4 is 106 Å². The van der Waals surface area contributed by atoms with E-state index in [1.165, 1.54) is 88.4 Å². The van der Waals surface area contributed by atoms with E-state index in [1.54, 1.807) is 0 Å². The van der Waals surface area contributed by atoms with Gasteiger partial charge in [0.1, 0.15) is 0 Å². The first-order valence-electron chi connectivity index (χ1n) is 15.9. The summed E-state index contributed by atoms with van der Waals surface area (Å²) in [4.78, 5) is 0. The van der Waals surface area contributed by atoms with Gasteiger partial charge in [-0.1, -0.05) is 128 Å². The normalized spacial score (nSPS) is 17.1. The topological polar surface area (TPSA) is 0 Å². The van der Waals surface area contributed by atoms with Crippen molar-refractivity contribution in [3.05, 3.63) is 156 Å². The molecule has 6 aromatic carbocycles. The van der Waals surface area contributed by atoms with Crippen LogP contribution in [0.4, 0.5) is 0 Å². The van der Waals surface area contributed by atoms with Gasteiger partial charge in [-0.2, -0.15) is 0 Å². The predicted octanol–water partition coefficient (Wildman–Crippen LogP) is 13.7. The van der Waals surface area contributed by atoms with Crippen molar-refractivity contribution in [3.8, 4) is 0 Å². The van der Waals surface area contributed by atoms with Crippen LogP contribution in [-0.4, -0.2) is 0 Å². The summed E-state index contributed by atoms with van der Waals surface area (Å²) in [5.74, 6) is 0.540. The Kier molecular flexibility index (Phi) is 5.93. The largest absolute Gasteiger partial charge is 0.135 e. The highest BCUT2D eigenvalue weighted by Crippen LogP contribution is 2.51. The average Bonchev–Trinajstić information content (AvgIpc) is 3.80.